The maximum atomic E-state index is 5.94. The second kappa shape index (κ2) is 9.88. The highest BCUT2D eigenvalue weighted by molar-refractivity contribution is 5.87. The van der Waals surface area contributed by atoms with E-state index in [4.69, 9.17) is 14.5 Å². The third kappa shape index (κ3) is 5.22. The zero-order valence-corrected chi connectivity index (χ0v) is 19.8. The van der Waals surface area contributed by atoms with Gasteiger partial charge in [0.1, 0.15) is 5.75 Å². The summed E-state index contributed by atoms with van der Waals surface area (Å²) in [6.45, 7) is 11.9. The number of anilines is 1. The lowest BCUT2D eigenvalue weighted by molar-refractivity contribution is 0.174. The molecule has 2 aromatic heterocycles. The van der Waals surface area contributed by atoms with Crippen LogP contribution in [0.2, 0.25) is 0 Å². The van der Waals surface area contributed by atoms with Crippen LogP contribution in [0.25, 0.3) is 11.0 Å². The van der Waals surface area contributed by atoms with Gasteiger partial charge in [0, 0.05) is 43.4 Å². The summed E-state index contributed by atoms with van der Waals surface area (Å²) in [6, 6.07) is 11.1. The Bertz CT molecular complexity index is 1050. The predicted molar refractivity (Wildman–Crippen MR) is 128 cm³/mol. The molecule has 0 saturated carbocycles. The molecule has 1 aliphatic heterocycles. The van der Waals surface area contributed by atoms with Crippen molar-refractivity contribution in [3.63, 3.8) is 0 Å². The first-order chi connectivity index (χ1) is 15.4. The molecule has 32 heavy (non-hydrogen) atoms. The largest absolute Gasteiger partial charge is 0.491 e. The number of rotatable bonds is 9. The van der Waals surface area contributed by atoms with Crippen LogP contribution < -0.4 is 10.1 Å². The molecule has 3 aromatic rings. The van der Waals surface area contributed by atoms with E-state index in [9.17, 15) is 0 Å². The molecule has 3 heterocycles. The Labute approximate surface area is 190 Å². The highest BCUT2D eigenvalue weighted by Gasteiger charge is 2.25. The van der Waals surface area contributed by atoms with Gasteiger partial charge in [-0.05, 0) is 70.5 Å². The lowest BCUT2D eigenvalue weighted by Gasteiger charge is -2.19. The van der Waals surface area contributed by atoms with E-state index in [1.807, 2.05) is 13.8 Å². The molecule has 0 amide bonds. The van der Waals surface area contributed by atoms with Crippen molar-refractivity contribution in [2.24, 2.45) is 0 Å². The number of aromatic amines is 1. The highest BCUT2D eigenvalue weighted by atomic mass is 16.5. The average Bonchev–Trinajstić information content (AvgIpc) is 3.36. The fraction of sp³-hybridized carbons (Fsp3) is 0.520. The molecule has 0 unspecified atom stereocenters. The molecule has 1 aliphatic rings. The van der Waals surface area contributed by atoms with Crippen molar-refractivity contribution < 1.29 is 9.47 Å². The van der Waals surface area contributed by atoms with Crippen LogP contribution >= 0.6 is 0 Å². The van der Waals surface area contributed by atoms with E-state index in [1.54, 1.807) is 7.11 Å². The molecule has 0 bridgehead atoms. The molecule has 1 aromatic carbocycles. The van der Waals surface area contributed by atoms with E-state index in [2.05, 4.69) is 64.6 Å². The van der Waals surface area contributed by atoms with Crippen molar-refractivity contribution >= 4 is 16.9 Å². The maximum absolute atomic E-state index is 5.94. The molecule has 0 aliphatic carbocycles. The van der Waals surface area contributed by atoms with Gasteiger partial charge in [0.25, 0.3) is 0 Å². The molecule has 0 radical (unpaired) electrons. The smallest absolute Gasteiger partial charge is 0.157 e. The fourth-order valence-corrected chi connectivity index (χ4v) is 4.37. The summed E-state index contributed by atoms with van der Waals surface area (Å²) < 4.78 is 11.3. The summed E-state index contributed by atoms with van der Waals surface area (Å²) in [7, 11) is 1.72. The first-order valence-electron chi connectivity index (χ1n) is 11.5. The minimum atomic E-state index is 0.146. The van der Waals surface area contributed by atoms with E-state index >= 15 is 0 Å². The topological polar surface area (TPSA) is 75.3 Å². The number of likely N-dealkylation sites (tertiary alicyclic amines) is 1. The zero-order valence-electron chi connectivity index (χ0n) is 19.8. The Morgan fingerprint density at radius 2 is 2.03 bits per heavy atom. The van der Waals surface area contributed by atoms with Gasteiger partial charge in [-0.15, -0.1) is 0 Å². The van der Waals surface area contributed by atoms with Crippen molar-refractivity contribution in [1.82, 2.24) is 20.1 Å². The lowest BCUT2D eigenvalue weighted by atomic mass is 10.0. The van der Waals surface area contributed by atoms with Gasteiger partial charge < -0.3 is 14.8 Å². The fourth-order valence-electron chi connectivity index (χ4n) is 4.37. The first kappa shape index (κ1) is 22.6. The third-order valence-corrected chi connectivity index (χ3v) is 5.76. The Hall–Kier alpha value is -2.64. The summed E-state index contributed by atoms with van der Waals surface area (Å²) in [5.41, 5.74) is 4.39. The van der Waals surface area contributed by atoms with Crippen LogP contribution in [0.3, 0.4) is 0 Å². The van der Waals surface area contributed by atoms with E-state index in [0.29, 0.717) is 18.6 Å². The number of hydrogen-bond acceptors (Lipinski definition) is 6. The van der Waals surface area contributed by atoms with E-state index < -0.39 is 0 Å². The molecular weight excluding hydrogens is 402 g/mol. The second-order valence-electron chi connectivity index (χ2n) is 9.27. The zero-order chi connectivity index (χ0) is 22.7. The normalized spacial score (nSPS) is 17.0. The van der Waals surface area contributed by atoms with Gasteiger partial charge in [-0.25, -0.2) is 4.98 Å². The number of pyridine rings is 1. The van der Waals surface area contributed by atoms with Crippen molar-refractivity contribution in [2.45, 2.75) is 65.3 Å². The molecule has 1 saturated heterocycles. The molecule has 7 heteroatoms. The maximum Gasteiger partial charge on any atom is 0.157 e. The van der Waals surface area contributed by atoms with Crippen LogP contribution in [0.15, 0.2) is 30.3 Å². The summed E-state index contributed by atoms with van der Waals surface area (Å²) in [4.78, 5) is 7.39. The van der Waals surface area contributed by atoms with Gasteiger partial charge in [-0.3, -0.25) is 10.00 Å². The number of methoxy groups -OCH3 is 1. The van der Waals surface area contributed by atoms with E-state index in [0.717, 1.165) is 59.9 Å². The average molecular weight is 438 g/mol. The molecule has 2 N–H and O–H groups in total. The number of aromatic nitrogens is 3. The van der Waals surface area contributed by atoms with Gasteiger partial charge in [0.05, 0.1) is 18.1 Å². The molecule has 4 rings (SSSR count). The minimum absolute atomic E-state index is 0.146. The number of benzene rings is 1. The molecule has 0 spiro atoms. The third-order valence-electron chi connectivity index (χ3n) is 5.76. The predicted octanol–water partition coefficient (Wildman–Crippen LogP) is 4.70. The van der Waals surface area contributed by atoms with Crippen molar-refractivity contribution in [3.05, 3.63) is 47.2 Å². The lowest BCUT2D eigenvalue weighted by Crippen LogP contribution is -2.20. The summed E-state index contributed by atoms with van der Waals surface area (Å²) in [5, 5.41) is 11.9. The monoisotopic (exact) mass is 437 g/mol. The van der Waals surface area contributed by atoms with Gasteiger partial charge in [0.15, 0.2) is 11.5 Å². The van der Waals surface area contributed by atoms with Gasteiger partial charge in [-0.2, -0.15) is 5.10 Å². The van der Waals surface area contributed by atoms with Crippen LogP contribution in [-0.4, -0.2) is 52.4 Å². The number of nitrogens with zero attached hydrogens (tertiary/aromatic N) is 3. The number of hydrogen-bond donors (Lipinski definition) is 2. The first-order valence-corrected chi connectivity index (χ1v) is 11.5. The standard InChI is InChI=1S/C25H35N5O2/c1-16(2)26-24-21-7-8-22(27-25(21)29-28-24)19-10-11-30(14-19)13-18-6-9-23(32-17(3)4)20(12-18)15-31-5/h6-9,12,16-17,19H,10-11,13-15H2,1-5H3,(H2,26,27,28,29)/t19-/m0/s1. The number of fused-ring (bicyclic) bond motifs is 1. The highest BCUT2D eigenvalue weighted by Crippen LogP contribution is 2.30. The van der Waals surface area contributed by atoms with E-state index in [1.165, 1.54) is 5.56 Å². The number of nitrogens with one attached hydrogen (secondary N) is 2. The Balaban J connectivity index is 1.43. The van der Waals surface area contributed by atoms with Crippen LogP contribution in [0, 0.1) is 0 Å². The van der Waals surface area contributed by atoms with Gasteiger partial charge >= 0.3 is 0 Å². The Kier molecular flexibility index (Phi) is 6.96. The quantitative estimate of drug-likeness (QED) is 0.505. The van der Waals surface area contributed by atoms with Crippen LogP contribution in [0.1, 0.15) is 56.9 Å². The summed E-state index contributed by atoms with van der Waals surface area (Å²) in [5.74, 6) is 2.22. The molecular formula is C25H35N5O2. The van der Waals surface area contributed by atoms with Crippen LogP contribution in [0.5, 0.6) is 5.75 Å². The molecule has 1 atom stereocenters. The Morgan fingerprint density at radius 1 is 1.19 bits per heavy atom. The molecule has 172 valence electrons. The Morgan fingerprint density at radius 3 is 2.78 bits per heavy atom. The number of H-pyrrole nitrogens is 1. The van der Waals surface area contributed by atoms with Crippen molar-refractivity contribution in [3.8, 4) is 5.75 Å². The van der Waals surface area contributed by atoms with Crippen molar-refractivity contribution in [1.29, 1.82) is 0 Å². The summed E-state index contributed by atoms with van der Waals surface area (Å²) in [6.07, 6.45) is 1.26. The van der Waals surface area contributed by atoms with Crippen LogP contribution in [0.4, 0.5) is 5.82 Å². The molecule has 1 fully saturated rings. The van der Waals surface area contributed by atoms with Crippen LogP contribution in [-0.2, 0) is 17.9 Å². The van der Waals surface area contributed by atoms with Gasteiger partial charge in [-0.1, -0.05) is 6.07 Å². The van der Waals surface area contributed by atoms with Crippen molar-refractivity contribution in [2.75, 3.05) is 25.5 Å². The molecule has 7 nitrogen and oxygen atoms in total. The SMILES string of the molecule is COCc1cc(CN2CC[C@H](c3ccc4c(NC(C)C)n[nH]c4n3)C2)ccc1OC(C)C. The van der Waals surface area contributed by atoms with E-state index in [-0.39, 0.29) is 6.10 Å². The number of ether oxygens (including phenoxy) is 2. The van der Waals surface area contributed by atoms with Gasteiger partial charge in [0.2, 0.25) is 0 Å². The summed E-state index contributed by atoms with van der Waals surface area (Å²) >= 11 is 0. The minimum Gasteiger partial charge on any atom is -0.491 e. The second-order valence-corrected chi connectivity index (χ2v) is 9.27.